The van der Waals surface area contributed by atoms with Crippen molar-refractivity contribution < 1.29 is 31.2 Å². The van der Waals surface area contributed by atoms with Crippen LogP contribution in [0.4, 0.5) is 0 Å². The van der Waals surface area contributed by atoms with E-state index in [0.29, 0.717) is 11.7 Å². The highest BCUT2D eigenvalue weighted by atomic mass is 32.2. The molecule has 1 fully saturated rings. The summed E-state index contributed by atoms with van der Waals surface area (Å²) in [5.41, 5.74) is 1.77. The summed E-state index contributed by atoms with van der Waals surface area (Å²) in [6, 6.07) is 4.80. The Hall–Kier alpha value is -1.41. The van der Waals surface area contributed by atoms with Crippen LogP contribution in [-0.4, -0.2) is 39.1 Å². The van der Waals surface area contributed by atoms with Gasteiger partial charge >= 0.3 is 13.5 Å². The van der Waals surface area contributed by atoms with Crippen molar-refractivity contribution in [2.45, 2.75) is 78.4 Å². The lowest BCUT2D eigenvalue weighted by molar-refractivity contribution is -0.149. The molecule has 1 N–H and O–H groups in total. The molecule has 3 atom stereocenters. The average Bonchev–Trinajstić information content (AvgIpc) is 3.50. The maximum Gasteiger partial charge on any atom is 0.344 e. The Balaban J connectivity index is 2.44. The van der Waals surface area contributed by atoms with Crippen LogP contribution >= 0.6 is 7.52 Å². The first kappa shape index (κ1) is 26.8. The molecular formula is C22H36NO7PS. The van der Waals surface area contributed by atoms with Gasteiger partial charge in [-0.15, -0.1) is 0 Å². The third-order valence-electron chi connectivity index (χ3n) is 5.29. The number of hydrogen-bond acceptors (Lipinski definition) is 7. The van der Waals surface area contributed by atoms with Gasteiger partial charge in [-0.05, 0) is 62.5 Å². The number of nitrogens with one attached hydrogen (secondary N) is 1. The highest BCUT2D eigenvalue weighted by Gasteiger charge is 2.36. The summed E-state index contributed by atoms with van der Waals surface area (Å²) in [6.45, 7) is 11.0. The number of para-hydroxylation sites is 1. The molecule has 0 aromatic heterocycles. The summed E-state index contributed by atoms with van der Waals surface area (Å²) in [7, 11) is -7.88. The van der Waals surface area contributed by atoms with Gasteiger partial charge in [0.05, 0.1) is 12.4 Å². The molecule has 32 heavy (non-hydrogen) atoms. The molecule has 0 spiro atoms. The predicted octanol–water partition coefficient (Wildman–Crippen LogP) is 4.76. The maximum absolute atomic E-state index is 13.8. The minimum atomic E-state index is -3.99. The zero-order valence-corrected chi connectivity index (χ0v) is 21.7. The fourth-order valence-corrected chi connectivity index (χ4v) is 6.13. The maximum atomic E-state index is 13.8. The van der Waals surface area contributed by atoms with Crippen molar-refractivity contribution in [2.24, 2.45) is 5.92 Å². The van der Waals surface area contributed by atoms with E-state index < -0.39 is 36.0 Å². The van der Waals surface area contributed by atoms with Gasteiger partial charge in [0.1, 0.15) is 11.8 Å². The number of ether oxygens (including phenoxy) is 1. The first-order valence-electron chi connectivity index (χ1n) is 11.0. The van der Waals surface area contributed by atoms with E-state index in [0.717, 1.165) is 30.2 Å². The Labute approximate surface area is 192 Å². The molecule has 0 heterocycles. The Morgan fingerprint density at radius 1 is 1.12 bits per heavy atom. The van der Waals surface area contributed by atoms with Crippen LogP contribution < -0.4 is 9.61 Å². The van der Waals surface area contributed by atoms with Crippen LogP contribution in [0.5, 0.6) is 5.75 Å². The van der Waals surface area contributed by atoms with Crippen LogP contribution in [0.3, 0.4) is 0 Å². The van der Waals surface area contributed by atoms with Crippen molar-refractivity contribution in [2.75, 3.05) is 12.6 Å². The van der Waals surface area contributed by atoms with Crippen LogP contribution in [0, 0.1) is 5.92 Å². The molecule has 1 aromatic rings. The summed E-state index contributed by atoms with van der Waals surface area (Å²) in [5, 5.41) is 2.67. The molecule has 0 saturated heterocycles. The molecule has 0 amide bonds. The lowest BCUT2D eigenvalue weighted by atomic mass is 9.90. The smallest absolute Gasteiger partial charge is 0.344 e. The van der Waals surface area contributed by atoms with Crippen molar-refractivity contribution in [3.05, 3.63) is 29.3 Å². The molecule has 0 bridgehead atoms. The summed E-state index contributed by atoms with van der Waals surface area (Å²) in [6.07, 6.45) is 2.02. The Bertz CT molecular complexity index is 957. The first-order valence-corrected chi connectivity index (χ1v) is 14.6. The summed E-state index contributed by atoms with van der Waals surface area (Å²) in [5.74, 6) is 0.630. The zero-order chi connectivity index (χ0) is 24.3. The molecular weight excluding hydrogens is 453 g/mol. The van der Waals surface area contributed by atoms with E-state index in [4.69, 9.17) is 13.4 Å². The van der Waals surface area contributed by atoms with Crippen LogP contribution in [0.25, 0.3) is 0 Å². The number of esters is 1. The number of carbonyl (C=O) groups excluding carboxylic acids is 1. The van der Waals surface area contributed by atoms with E-state index in [2.05, 4.69) is 12.0 Å². The van der Waals surface area contributed by atoms with Crippen molar-refractivity contribution in [3.63, 3.8) is 0 Å². The molecule has 1 saturated carbocycles. The molecule has 1 aliphatic carbocycles. The third kappa shape index (κ3) is 7.87. The third-order valence-corrected chi connectivity index (χ3v) is 7.74. The van der Waals surface area contributed by atoms with E-state index >= 15 is 0 Å². The SMILES string of the molecule is CC(C)OC(=O)C(C)NP(=O)(COS(C)(=O)=O)Oc1c(C(C)C)cccc1C(C)C1CC1. The van der Waals surface area contributed by atoms with E-state index in [9.17, 15) is 17.8 Å². The lowest BCUT2D eigenvalue weighted by Gasteiger charge is -2.28. The molecule has 0 radical (unpaired) electrons. The highest BCUT2D eigenvalue weighted by molar-refractivity contribution is 7.86. The van der Waals surface area contributed by atoms with Crippen molar-refractivity contribution in [1.29, 1.82) is 0 Å². The number of benzene rings is 1. The molecule has 3 unspecified atom stereocenters. The second-order valence-electron chi connectivity index (χ2n) is 9.10. The molecule has 10 heteroatoms. The Kier molecular flexibility index (Phi) is 8.96. The predicted molar refractivity (Wildman–Crippen MR) is 125 cm³/mol. The van der Waals surface area contributed by atoms with Gasteiger partial charge in [-0.1, -0.05) is 39.0 Å². The largest absolute Gasteiger partial charge is 0.462 e. The molecule has 2 rings (SSSR count). The van der Waals surface area contributed by atoms with Crippen LogP contribution in [0.1, 0.15) is 77.3 Å². The van der Waals surface area contributed by atoms with E-state index in [1.54, 1.807) is 13.8 Å². The number of hydrogen-bond donors (Lipinski definition) is 1. The quantitative estimate of drug-likeness (QED) is 0.254. The summed E-state index contributed by atoms with van der Waals surface area (Å²) < 4.78 is 53.2. The second-order valence-corrected chi connectivity index (χ2v) is 12.8. The number of carbonyl (C=O) groups is 1. The Morgan fingerprint density at radius 3 is 2.22 bits per heavy atom. The van der Waals surface area contributed by atoms with Gasteiger partial charge in [-0.3, -0.25) is 13.5 Å². The molecule has 8 nitrogen and oxygen atoms in total. The normalized spacial score (nSPS) is 18.3. The lowest BCUT2D eigenvalue weighted by Crippen LogP contribution is -2.37. The minimum absolute atomic E-state index is 0.0731. The summed E-state index contributed by atoms with van der Waals surface area (Å²) in [4.78, 5) is 12.3. The Morgan fingerprint density at radius 2 is 1.72 bits per heavy atom. The molecule has 1 aliphatic rings. The van der Waals surface area contributed by atoms with Crippen LogP contribution in [0.15, 0.2) is 18.2 Å². The van der Waals surface area contributed by atoms with Crippen molar-refractivity contribution in [1.82, 2.24) is 5.09 Å². The van der Waals surface area contributed by atoms with Crippen molar-refractivity contribution >= 4 is 23.6 Å². The summed E-state index contributed by atoms with van der Waals surface area (Å²) >= 11 is 0. The van der Waals surface area contributed by atoms with Crippen LogP contribution in [-0.2, 0) is 28.4 Å². The van der Waals surface area contributed by atoms with E-state index in [-0.39, 0.29) is 17.9 Å². The van der Waals surface area contributed by atoms with Gasteiger partial charge < -0.3 is 9.26 Å². The molecule has 1 aromatic carbocycles. The van der Waals surface area contributed by atoms with Gasteiger partial charge in [0, 0.05) is 0 Å². The van der Waals surface area contributed by atoms with E-state index in [1.165, 1.54) is 6.92 Å². The van der Waals surface area contributed by atoms with E-state index in [1.807, 2.05) is 32.0 Å². The highest BCUT2D eigenvalue weighted by Crippen LogP contribution is 2.51. The van der Waals surface area contributed by atoms with Gasteiger partial charge in [0.2, 0.25) is 0 Å². The minimum Gasteiger partial charge on any atom is -0.462 e. The number of rotatable bonds is 12. The molecule has 182 valence electrons. The van der Waals surface area contributed by atoms with Gasteiger partial charge in [0.15, 0.2) is 6.35 Å². The zero-order valence-electron chi connectivity index (χ0n) is 20.0. The van der Waals surface area contributed by atoms with Crippen molar-refractivity contribution in [3.8, 4) is 5.75 Å². The monoisotopic (exact) mass is 489 g/mol. The fraction of sp³-hybridized carbons (Fsp3) is 0.682. The topological polar surface area (TPSA) is 108 Å². The fourth-order valence-electron chi connectivity index (χ4n) is 3.43. The second kappa shape index (κ2) is 10.7. The standard InChI is InChI=1S/C22H36NO7PS/c1-14(2)19-9-8-10-20(16(5)18-11-12-18)21(19)30-31(25,13-28-32(7,26)27)23-17(6)22(24)29-15(3)4/h8-10,14-18H,11-13H2,1-7H3,(H,23,25). The average molecular weight is 490 g/mol. The van der Waals surface area contributed by atoms with Gasteiger partial charge in [0.25, 0.3) is 10.1 Å². The van der Waals surface area contributed by atoms with Crippen LogP contribution in [0.2, 0.25) is 0 Å². The van der Waals surface area contributed by atoms with Gasteiger partial charge in [-0.2, -0.15) is 8.42 Å². The first-order chi connectivity index (χ1) is 14.7. The molecule has 0 aliphatic heterocycles. The van der Waals surface area contributed by atoms with Gasteiger partial charge in [-0.25, -0.2) is 5.09 Å².